The van der Waals surface area contributed by atoms with E-state index in [-0.39, 0.29) is 10.8 Å². The number of rotatable bonds is 4. The van der Waals surface area contributed by atoms with Crippen molar-refractivity contribution in [1.29, 1.82) is 0 Å². The van der Waals surface area contributed by atoms with Crippen LogP contribution in [0.15, 0.2) is 53.4 Å². The number of nitrogens with zero attached hydrogens (tertiary/aromatic N) is 1. The van der Waals surface area contributed by atoms with Gasteiger partial charge in [-0.05, 0) is 48.5 Å². The van der Waals surface area contributed by atoms with E-state index < -0.39 is 10.0 Å². The minimum absolute atomic E-state index is 0.102. The lowest BCUT2D eigenvalue weighted by molar-refractivity contribution is -0.116. The van der Waals surface area contributed by atoms with Crippen LogP contribution in [0.1, 0.15) is 6.92 Å². The summed E-state index contributed by atoms with van der Waals surface area (Å²) in [6.07, 6.45) is 0. The molecule has 0 bridgehead atoms. The number of hydrogen-bond donors (Lipinski definition) is 1. The second kappa shape index (κ2) is 6.37. The van der Waals surface area contributed by atoms with Crippen LogP contribution in [-0.2, 0) is 14.8 Å². The third kappa shape index (κ3) is 3.78. The lowest BCUT2D eigenvalue weighted by Crippen LogP contribution is -2.22. The largest absolute Gasteiger partial charge is 0.316 e. The Kier molecular flexibility index (Phi) is 4.73. The van der Waals surface area contributed by atoms with Gasteiger partial charge in [0.1, 0.15) is 0 Å². The predicted octanol–water partition coefficient (Wildman–Crippen LogP) is 3.12. The molecule has 0 unspecified atom stereocenters. The first kappa shape index (κ1) is 16.3. The fourth-order valence-corrected chi connectivity index (χ4v) is 2.95. The van der Waals surface area contributed by atoms with Gasteiger partial charge in [0.2, 0.25) is 5.91 Å². The Balaban J connectivity index is 2.20. The summed E-state index contributed by atoms with van der Waals surface area (Å²) in [5.74, 6) is -0.102. The molecule has 2 aromatic rings. The minimum atomic E-state index is -3.67. The van der Waals surface area contributed by atoms with E-state index in [2.05, 4.69) is 4.72 Å². The second-order valence-electron chi connectivity index (χ2n) is 4.68. The van der Waals surface area contributed by atoms with Gasteiger partial charge >= 0.3 is 0 Å². The first-order chi connectivity index (χ1) is 10.3. The van der Waals surface area contributed by atoms with Crippen LogP contribution in [0.5, 0.6) is 0 Å². The molecule has 0 fully saturated rings. The van der Waals surface area contributed by atoms with Gasteiger partial charge in [-0.25, -0.2) is 8.42 Å². The Morgan fingerprint density at radius 1 is 1.05 bits per heavy atom. The Morgan fingerprint density at radius 3 is 2.09 bits per heavy atom. The van der Waals surface area contributed by atoms with Gasteiger partial charge < -0.3 is 4.90 Å². The molecule has 0 aliphatic carbocycles. The highest BCUT2D eigenvalue weighted by Crippen LogP contribution is 2.21. The van der Waals surface area contributed by atoms with Gasteiger partial charge in [0.15, 0.2) is 0 Å². The van der Waals surface area contributed by atoms with Crippen LogP contribution in [0.3, 0.4) is 0 Å². The van der Waals surface area contributed by atoms with Crippen molar-refractivity contribution >= 4 is 38.9 Å². The molecule has 1 amide bonds. The number of sulfonamides is 1. The summed E-state index contributed by atoms with van der Waals surface area (Å²) >= 11 is 5.75. The molecule has 0 spiro atoms. The molecule has 0 aliphatic rings. The van der Waals surface area contributed by atoms with Crippen molar-refractivity contribution in [3.05, 3.63) is 53.6 Å². The molecule has 2 rings (SSSR count). The third-order valence-electron chi connectivity index (χ3n) is 3.10. The zero-order chi connectivity index (χ0) is 16.3. The van der Waals surface area contributed by atoms with Crippen LogP contribution in [0, 0.1) is 0 Å². The zero-order valence-corrected chi connectivity index (χ0v) is 13.6. The van der Waals surface area contributed by atoms with Crippen molar-refractivity contribution in [2.45, 2.75) is 11.8 Å². The maximum atomic E-state index is 12.2. The molecule has 0 saturated carbocycles. The highest BCUT2D eigenvalue weighted by molar-refractivity contribution is 7.92. The van der Waals surface area contributed by atoms with E-state index in [0.717, 1.165) is 0 Å². The number of hydrogen-bond acceptors (Lipinski definition) is 3. The topological polar surface area (TPSA) is 66.5 Å². The maximum absolute atomic E-state index is 12.2. The number of amides is 1. The van der Waals surface area contributed by atoms with Gasteiger partial charge in [0.05, 0.1) is 4.90 Å². The Morgan fingerprint density at radius 2 is 1.59 bits per heavy atom. The van der Waals surface area contributed by atoms with Crippen LogP contribution in [0.2, 0.25) is 5.02 Å². The molecule has 1 N–H and O–H groups in total. The molecular weight excluding hydrogens is 324 g/mol. The number of halogens is 1. The van der Waals surface area contributed by atoms with Gasteiger partial charge in [-0.15, -0.1) is 0 Å². The van der Waals surface area contributed by atoms with Crippen molar-refractivity contribution in [1.82, 2.24) is 0 Å². The van der Waals surface area contributed by atoms with Crippen molar-refractivity contribution in [3.63, 3.8) is 0 Å². The highest BCUT2D eigenvalue weighted by atomic mass is 35.5. The molecule has 0 atom stereocenters. The van der Waals surface area contributed by atoms with Gasteiger partial charge in [-0.3, -0.25) is 9.52 Å². The average molecular weight is 339 g/mol. The van der Waals surface area contributed by atoms with Crippen LogP contribution >= 0.6 is 11.6 Å². The molecule has 0 heterocycles. The highest BCUT2D eigenvalue weighted by Gasteiger charge is 2.14. The fourth-order valence-electron chi connectivity index (χ4n) is 1.76. The smallest absolute Gasteiger partial charge is 0.261 e. The SMILES string of the molecule is CC(=O)N(C)c1ccc(NS(=O)(=O)c2ccc(Cl)cc2)cc1. The van der Waals surface area contributed by atoms with E-state index >= 15 is 0 Å². The van der Waals surface area contributed by atoms with Crippen molar-refractivity contribution in [3.8, 4) is 0 Å². The number of carbonyl (C=O) groups is 1. The van der Waals surface area contributed by atoms with E-state index in [1.807, 2.05) is 0 Å². The lowest BCUT2D eigenvalue weighted by atomic mass is 10.2. The monoisotopic (exact) mass is 338 g/mol. The number of benzene rings is 2. The Labute approximate surface area is 134 Å². The van der Waals surface area contributed by atoms with E-state index in [9.17, 15) is 13.2 Å². The number of nitrogens with one attached hydrogen (secondary N) is 1. The Hall–Kier alpha value is -2.05. The molecule has 116 valence electrons. The molecule has 5 nitrogen and oxygen atoms in total. The van der Waals surface area contributed by atoms with Gasteiger partial charge in [-0.1, -0.05) is 11.6 Å². The minimum Gasteiger partial charge on any atom is -0.316 e. The summed E-state index contributed by atoms with van der Waals surface area (Å²) in [6, 6.07) is 12.4. The van der Waals surface area contributed by atoms with Crippen molar-refractivity contribution in [2.24, 2.45) is 0 Å². The molecule has 7 heteroatoms. The fraction of sp³-hybridized carbons (Fsp3) is 0.133. The Bertz CT molecular complexity index is 771. The van der Waals surface area contributed by atoms with Crippen LogP contribution in [0.4, 0.5) is 11.4 Å². The molecule has 0 radical (unpaired) electrons. The van der Waals surface area contributed by atoms with Crippen molar-refractivity contribution < 1.29 is 13.2 Å². The zero-order valence-electron chi connectivity index (χ0n) is 12.1. The van der Waals surface area contributed by atoms with Crippen molar-refractivity contribution in [2.75, 3.05) is 16.7 Å². The first-order valence-electron chi connectivity index (χ1n) is 6.42. The molecule has 22 heavy (non-hydrogen) atoms. The first-order valence-corrected chi connectivity index (χ1v) is 8.28. The van der Waals surface area contributed by atoms with E-state index in [1.54, 1.807) is 31.3 Å². The predicted molar refractivity (Wildman–Crippen MR) is 87.8 cm³/mol. The number of anilines is 2. The van der Waals surface area contributed by atoms with E-state index in [4.69, 9.17) is 11.6 Å². The molecule has 0 aromatic heterocycles. The molecular formula is C15H15ClN2O3S. The second-order valence-corrected chi connectivity index (χ2v) is 6.80. The van der Waals surface area contributed by atoms with Gasteiger partial charge in [0, 0.05) is 30.4 Å². The quantitative estimate of drug-likeness (QED) is 0.931. The standard InChI is InChI=1S/C15H15ClN2O3S/c1-11(19)18(2)14-7-5-13(6-8-14)17-22(20,21)15-9-3-12(16)4-10-15/h3-10,17H,1-2H3. The average Bonchev–Trinajstić information content (AvgIpc) is 2.47. The summed E-state index contributed by atoms with van der Waals surface area (Å²) in [4.78, 5) is 12.9. The summed E-state index contributed by atoms with van der Waals surface area (Å²) in [5, 5.41) is 0.468. The molecule has 0 saturated heterocycles. The normalized spacial score (nSPS) is 11.0. The number of carbonyl (C=O) groups excluding carboxylic acids is 1. The maximum Gasteiger partial charge on any atom is 0.261 e. The van der Waals surface area contributed by atoms with Crippen LogP contribution in [0.25, 0.3) is 0 Å². The van der Waals surface area contributed by atoms with E-state index in [1.165, 1.54) is 36.1 Å². The van der Waals surface area contributed by atoms with Crippen LogP contribution in [-0.4, -0.2) is 21.4 Å². The van der Waals surface area contributed by atoms with Gasteiger partial charge in [-0.2, -0.15) is 0 Å². The van der Waals surface area contributed by atoms with E-state index in [0.29, 0.717) is 16.4 Å². The van der Waals surface area contributed by atoms with Crippen LogP contribution < -0.4 is 9.62 Å². The molecule has 0 aliphatic heterocycles. The summed E-state index contributed by atoms with van der Waals surface area (Å²) in [5.41, 5.74) is 1.09. The van der Waals surface area contributed by atoms with Gasteiger partial charge in [0.25, 0.3) is 10.0 Å². The lowest BCUT2D eigenvalue weighted by Gasteiger charge is -2.15. The summed E-state index contributed by atoms with van der Waals surface area (Å²) in [7, 11) is -2.02. The molecule has 2 aromatic carbocycles. The third-order valence-corrected chi connectivity index (χ3v) is 4.75. The summed E-state index contributed by atoms with van der Waals surface area (Å²) in [6.45, 7) is 1.46. The summed E-state index contributed by atoms with van der Waals surface area (Å²) < 4.78 is 26.9.